The fraction of sp³-hybridized carbons (Fsp3) is 0.217. The molecular weight excluding hydrogens is 443 g/mol. The zero-order valence-electron chi connectivity index (χ0n) is 16.6. The highest BCUT2D eigenvalue weighted by atomic mass is 32.2. The normalized spacial score (nSPS) is 14.3. The lowest BCUT2D eigenvalue weighted by Crippen LogP contribution is -2.12. The van der Waals surface area contributed by atoms with Gasteiger partial charge in [-0.3, -0.25) is 4.98 Å². The van der Waals surface area contributed by atoms with Crippen molar-refractivity contribution in [2.75, 3.05) is 0 Å². The summed E-state index contributed by atoms with van der Waals surface area (Å²) in [7, 11) is -4.16. The Bertz CT molecular complexity index is 1280. The van der Waals surface area contributed by atoms with Crippen molar-refractivity contribution in [3.8, 4) is 11.3 Å². The molecule has 0 amide bonds. The van der Waals surface area contributed by atoms with E-state index < -0.39 is 33.3 Å². The van der Waals surface area contributed by atoms with Crippen LogP contribution in [0.1, 0.15) is 45.8 Å². The van der Waals surface area contributed by atoms with Gasteiger partial charge in [0.15, 0.2) is 9.84 Å². The molecule has 4 rings (SSSR count). The van der Waals surface area contributed by atoms with Crippen molar-refractivity contribution in [2.24, 2.45) is 0 Å². The van der Waals surface area contributed by atoms with Crippen LogP contribution in [0.25, 0.3) is 11.3 Å². The van der Waals surface area contributed by atoms with Gasteiger partial charge in [-0.05, 0) is 66.3 Å². The number of sulfone groups is 1. The van der Waals surface area contributed by atoms with E-state index in [0.29, 0.717) is 11.3 Å². The summed E-state index contributed by atoms with van der Waals surface area (Å²) in [5.41, 5.74) is -0.105. The Morgan fingerprint density at radius 2 is 1.81 bits per heavy atom. The minimum atomic E-state index is -4.65. The van der Waals surface area contributed by atoms with Crippen molar-refractivity contribution in [3.05, 3.63) is 83.0 Å². The molecule has 1 N–H and O–H groups in total. The van der Waals surface area contributed by atoms with Crippen LogP contribution in [-0.4, -0.2) is 24.5 Å². The molecule has 1 aliphatic carbocycles. The highest BCUT2D eigenvalue weighted by molar-refractivity contribution is 7.90. The molecule has 0 radical (unpaired) electrons. The first kappa shape index (κ1) is 22.0. The SMILES string of the molecule is O=C(O)c1ccc(C2CC2)c(S(=O)(=O)Cc2cc(C(F)(F)F)ccc2-c2ccccn2)c1. The topological polar surface area (TPSA) is 84.3 Å². The van der Waals surface area contributed by atoms with E-state index in [0.717, 1.165) is 31.0 Å². The molecule has 1 saturated carbocycles. The first-order valence-corrected chi connectivity index (χ1v) is 11.4. The monoisotopic (exact) mass is 461 g/mol. The first-order chi connectivity index (χ1) is 15.1. The molecule has 0 spiro atoms. The third kappa shape index (κ3) is 4.52. The van der Waals surface area contributed by atoms with Crippen LogP contribution >= 0.6 is 0 Å². The van der Waals surface area contributed by atoms with Gasteiger partial charge >= 0.3 is 12.1 Å². The molecular formula is C23H18F3NO4S. The van der Waals surface area contributed by atoms with Gasteiger partial charge in [-0.15, -0.1) is 0 Å². The molecule has 1 fully saturated rings. The average Bonchev–Trinajstić information content (AvgIpc) is 3.58. The van der Waals surface area contributed by atoms with E-state index >= 15 is 0 Å². The highest BCUT2D eigenvalue weighted by Gasteiger charge is 2.34. The Kier molecular flexibility index (Phi) is 5.54. The molecule has 0 unspecified atom stereocenters. The summed E-state index contributed by atoms with van der Waals surface area (Å²) in [5.74, 6) is -2.00. The van der Waals surface area contributed by atoms with Crippen LogP contribution in [0.3, 0.4) is 0 Å². The van der Waals surface area contributed by atoms with Crippen molar-refractivity contribution >= 4 is 15.8 Å². The Hall–Kier alpha value is -3.20. The molecule has 1 aromatic heterocycles. The lowest BCUT2D eigenvalue weighted by Gasteiger charge is -2.16. The number of aromatic carboxylic acids is 1. The van der Waals surface area contributed by atoms with Crippen LogP contribution in [0.5, 0.6) is 0 Å². The summed E-state index contributed by atoms with van der Waals surface area (Å²) in [5, 5.41) is 9.30. The molecule has 32 heavy (non-hydrogen) atoms. The van der Waals surface area contributed by atoms with Gasteiger partial charge in [-0.25, -0.2) is 13.2 Å². The van der Waals surface area contributed by atoms with E-state index in [4.69, 9.17) is 0 Å². The van der Waals surface area contributed by atoms with Gasteiger partial charge in [0, 0.05) is 11.8 Å². The maximum absolute atomic E-state index is 13.4. The molecule has 1 aliphatic rings. The second-order valence-electron chi connectivity index (χ2n) is 7.68. The molecule has 1 heterocycles. The second kappa shape index (κ2) is 8.05. The van der Waals surface area contributed by atoms with Gasteiger partial charge in [0.2, 0.25) is 0 Å². The Morgan fingerprint density at radius 1 is 1.06 bits per heavy atom. The smallest absolute Gasteiger partial charge is 0.416 e. The first-order valence-electron chi connectivity index (χ1n) is 9.78. The van der Waals surface area contributed by atoms with Crippen molar-refractivity contribution < 1.29 is 31.5 Å². The van der Waals surface area contributed by atoms with Crippen LogP contribution in [0.2, 0.25) is 0 Å². The van der Waals surface area contributed by atoms with Gasteiger partial charge in [-0.2, -0.15) is 13.2 Å². The molecule has 0 saturated heterocycles. The number of carboxylic acid groups (broad SMARTS) is 1. The van der Waals surface area contributed by atoms with E-state index in [1.54, 1.807) is 18.2 Å². The zero-order valence-corrected chi connectivity index (χ0v) is 17.4. The van der Waals surface area contributed by atoms with Gasteiger partial charge in [-0.1, -0.05) is 18.2 Å². The lowest BCUT2D eigenvalue weighted by atomic mass is 10.0. The molecule has 0 bridgehead atoms. The number of carbonyl (C=O) groups is 1. The number of rotatable bonds is 6. The number of carboxylic acids is 1. The minimum Gasteiger partial charge on any atom is -0.478 e. The van der Waals surface area contributed by atoms with E-state index in [9.17, 15) is 31.5 Å². The quantitative estimate of drug-likeness (QED) is 0.537. The van der Waals surface area contributed by atoms with Crippen molar-refractivity contribution in [1.29, 1.82) is 0 Å². The number of aromatic nitrogens is 1. The number of benzene rings is 2. The fourth-order valence-electron chi connectivity index (χ4n) is 3.61. The van der Waals surface area contributed by atoms with E-state index in [2.05, 4.69) is 4.98 Å². The molecule has 5 nitrogen and oxygen atoms in total. The Morgan fingerprint density at radius 3 is 2.41 bits per heavy atom. The Balaban J connectivity index is 1.84. The minimum absolute atomic E-state index is 0.000565. The van der Waals surface area contributed by atoms with Gasteiger partial charge in [0.1, 0.15) is 0 Å². The molecule has 2 aromatic carbocycles. The third-order valence-electron chi connectivity index (χ3n) is 5.33. The third-order valence-corrected chi connectivity index (χ3v) is 7.05. The summed E-state index contributed by atoms with van der Waals surface area (Å²) in [6.45, 7) is 0. The number of alkyl halides is 3. The van der Waals surface area contributed by atoms with Gasteiger partial charge in [0.25, 0.3) is 0 Å². The van der Waals surface area contributed by atoms with E-state index in [-0.39, 0.29) is 27.5 Å². The summed E-state index contributed by atoms with van der Waals surface area (Å²) >= 11 is 0. The largest absolute Gasteiger partial charge is 0.478 e. The predicted octanol–water partition coefficient (Wildman–Crippen LogP) is 5.32. The summed E-state index contributed by atoms with van der Waals surface area (Å²) in [6.07, 6.45) is -1.63. The molecule has 3 aromatic rings. The lowest BCUT2D eigenvalue weighted by molar-refractivity contribution is -0.137. The zero-order chi connectivity index (χ0) is 23.1. The van der Waals surface area contributed by atoms with Crippen LogP contribution in [0.4, 0.5) is 13.2 Å². The summed E-state index contributed by atoms with van der Waals surface area (Å²) < 4.78 is 66.8. The molecule has 166 valence electrons. The standard InChI is InChI=1S/C23H18F3NO4S/c24-23(25,26)17-7-9-18(20-3-1-2-10-27-20)16(11-17)13-32(30,31)21-12-15(22(28)29)6-8-19(21)14-4-5-14/h1-3,6-12,14H,4-5,13H2,(H,28,29). The number of nitrogens with zero attached hydrogens (tertiary/aromatic N) is 1. The molecule has 0 atom stereocenters. The van der Waals surface area contributed by atoms with Gasteiger partial charge in [0.05, 0.1) is 27.5 Å². The van der Waals surface area contributed by atoms with Crippen molar-refractivity contribution in [2.45, 2.75) is 35.6 Å². The van der Waals surface area contributed by atoms with Gasteiger partial charge < -0.3 is 5.11 Å². The van der Waals surface area contributed by atoms with E-state index in [1.165, 1.54) is 24.4 Å². The maximum Gasteiger partial charge on any atom is 0.416 e. The van der Waals surface area contributed by atoms with Crippen LogP contribution in [0, 0.1) is 0 Å². The van der Waals surface area contributed by atoms with Crippen LogP contribution in [0.15, 0.2) is 65.7 Å². The number of hydrogen-bond donors (Lipinski definition) is 1. The molecule has 0 aliphatic heterocycles. The fourth-order valence-corrected chi connectivity index (χ4v) is 5.32. The highest BCUT2D eigenvalue weighted by Crippen LogP contribution is 2.44. The number of hydrogen-bond acceptors (Lipinski definition) is 4. The van der Waals surface area contributed by atoms with Crippen LogP contribution < -0.4 is 0 Å². The van der Waals surface area contributed by atoms with E-state index in [1.807, 2.05) is 0 Å². The second-order valence-corrected chi connectivity index (χ2v) is 9.63. The van der Waals surface area contributed by atoms with Crippen molar-refractivity contribution in [1.82, 2.24) is 4.98 Å². The number of pyridine rings is 1. The Labute approximate surface area is 182 Å². The summed E-state index contributed by atoms with van der Waals surface area (Å²) in [4.78, 5) is 15.4. The van der Waals surface area contributed by atoms with Crippen LogP contribution in [-0.2, 0) is 21.8 Å². The summed E-state index contributed by atoms with van der Waals surface area (Å²) in [6, 6.07) is 11.7. The number of halogens is 3. The van der Waals surface area contributed by atoms with Crippen molar-refractivity contribution in [3.63, 3.8) is 0 Å². The maximum atomic E-state index is 13.4. The molecule has 9 heteroatoms. The predicted molar refractivity (Wildman–Crippen MR) is 111 cm³/mol. The average molecular weight is 461 g/mol.